The van der Waals surface area contributed by atoms with E-state index in [1.54, 1.807) is 0 Å². The zero-order valence-electron chi connectivity index (χ0n) is 13.3. The van der Waals surface area contributed by atoms with E-state index in [0.717, 1.165) is 17.7 Å². The highest BCUT2D eigenvalue weighted by atomic mass is 19.4. The molecule has 0 spiro atoms. The number of alkyl halides is 3. The van der Waals surface area contributed by atoms with Crippen LogP contribution in [0.15, 0.2) is 36.4 Å². The first-order valence-electron chi connectivity index (χ1n) is 7.80. The molecule has 0 radical (unpaired) electrons. The molecule has 0 bridgehead atoms. The van der Waals surface area contributed by atoms with Crippen molar-refractivity contribution in [3.63, 3.8) is 0 Å². The molecule has 1 aliphatic carbocycles. The second-order valence-electron chi connectivity index (χ2n) is 6.04. The van der Waals surface area contributed by atoms with Gasteiger partial charge in [-0.05, 0) is 30.0 Å². The van der Waals surface area contributed by atoms with Crippen molar-refractivity contribution in [3.05, 3.63) is 47.5 Å². The SMILES string of the molecule is CC(CNC(=O)N[C@@H]1C=C[C@H](CO)C1)c1ccc(C(F)(F)F)cc1. The fourth-order valence-corrected chi connectivity index (χ4v) is 2.60. The minimum atomic E-state index is -4.35. The van der Waals surface area contributed by atoms with Gasteiger partial charge in [0.25, 0.3) is 0 Å². The van der Waals surface area contributed by atoms with E-state index in [0.29, 0.717) is 13.0 Å². The number of aliphatic hydroxyl groups excluding tert-OH is 1. The zero-order chi connectivity index (χ0) is 17.7. The van der Waals surface area contributed by atoms with Gasteiger partial charge >= 0.3 is 12.2 Å². The molecular formula is C17H21F3N2O2. The molecule has 0 aromatic heterocycles. The van der Waals surface area contributed by atoms with Gasteiger partial charge in [-0.15, -0.1) is 0 Å². The summed E-state index contributed by atoms with van der Waals surface area (Å²) in [5.41, 5.74) is 0.0417. The van der Waals surface area contributed by atoms with Crippen LogP contribution in [0.3, 0.4) is 0 Å². The van der Waals surface area contributed by atoms with Crippen LogP contribution < -0.4 is 10.6 Å². The average molecular weight is 342 g/mol. The van der Waals surface area contributed by atoms with E-state index in [-0.39, 0.29) is 30.5 Å². The highest BCUT2D eigenvalue weighted by molar-refractivity contribution is 5.74. The molecular weight excluding hydrogens is 321 g/mol. The van der Waals surface area contributed by atoms with Crippen LogP contribution in [0.2, 0.25) is 0 Å². The number of rotatable bonds is 5. The Balaban J connectivity index is 1.79. The van der Waals surface area contributed by atoms with Crippen molar-refractivity contribution < 1.29 is 23.1 Å². The molecule has 0 saturated carbocycles. The van der Waals surface area contributed by atoms with Gasteiger partial charge in [0.2, 0.25) is 0 Å². The second kappa shape index (κ2) is 7.70. The maximum atomic E-state index is 12.5. The molecule has 7 heteroatoms. The van der Waals surface area contributed by atoms with Gasteiger partial charge in [-0.3, -0.25) is 0 Å². The molecule has 0 heterocycles. The number of carbonyl (C=O) groups excluding carboxylic acids is 1. The summed E-state index contributed by atoms with van der Waals surface area (Å²) in [5, 5.41) is 14.5. The van der Waals surface area contributed by atoms with Crippen molar-refractivity contribution in [2.24, 2.45) is 5.92 Å². The van der Waals surface area contributed by atoms with Crippen LogP contribution in [0, 0.1) is 5.92 Å². The molecule has 0 fully saturated rings. The maximum Gasteiger partial charge on any atom is 0.416 e. The molecule has 3 N–H and O–H groups in total. The summed E-state index contributed by atoms with van der Waals surface area (Å²) in [6, 6.07) is 4.51. The Kier molecular flexibility index (Phi) is 5.88. The minimum absolute atomic E-state index is 0.0568. The predicted octanol–water partition coefficient (Wildman–Crippen LogP) is 3.05. The normalized spacial score (nSPS) is 21.5. The number of aliphatic hydroxyl groups is 1. The van der Waals surface area contributed by atoms with E-state index in [1.807, 2.05) is 19.1 Å². The third-order valence-corrected chi connectivity index (χ3v) is 4.10. The molecule has 24 heavy (non-hydrogen) atoms. The van der Waals surface area contributed by atoms with E-state index >= 15 is 0 Å². The van der Waals surface area contributed by atoms with Crippen LogP contribution in [0.1, 0.15) is 30.4 Å². The molecule has 2 amide bonds. The van der Waals surface area contributed by atoms with Crippen molar-refractivity contribution in [1.29, 1.82) is 0 Å². The monoisotopic (exact) mass is 342 g/mol. The lowest BCUT2D eigenvalue weighted by Gasteiger charge is -2.17. The zero-order valence-corrected chi connectivity index (χ0v) is 13.3. The Morgan fingerprint density at radius 1 is 1.29 bits per heavy atom. The molecule has 2 rings (SSSR count). The second-order valence-corrected chi connectivity index (χ2v) is 6.04. The van der Waals surface area contributed by atoms with Crippen molar-refractivity contribution in [3.8, 4) is 0 Å². The van der Waals surface area contributed by atoms with Gasteiger partial charge in [0.1, 0.15) is 0 Å². The summed E-state index contributed by atoms with van der Waals surface area (Å²) in [6.07, 6.45) is 0.0367. The van der Waals surface area contributed by atoms with Crippen molar-refractivity contribution in [1.82, 2.24) is 10.6 Å². The lowest BCUT2D eigenvalue weighted by molar-refractivity contribution is -0.137. The summed E-state index contributed by atoms with van der Waals surface area (Å²) in [7, 11) is 0. The maximum absolute atomic E-state index is 12.5. The number of hydrogen-bond acceptors (Lipinski definition) is 2. The van der Waals surface area contributed by atoms with Crippen LogP contribution in [0.4, 0.5) is 18.0 Å². The highest BCUT2D eigenvalue weighted by Crippen LogP contribution is 2.30. The topological polar surface area (TPSA) is 61.4 Å². The van der Waals surface area contributed by atoms with Crippen molar-refractivity contribution in [2.45, 2.75) is 31.5 Å². The third-order valence-electron chi connectivity index (χ3n) is 4.10. The summed E-state index contributed by atoms with van der Waals surface area (Å²) >= 11 is 0. The summed E-state index contributed by atoms with van der Waals surface area (Å²) in [6.45, 7) is 2.21. The van der Waals surface area contributed by atoms with E-state index in [2.05, 4.69) is 10.6 Å². The van der Waals surface area contributed by atoms with Gasteiger partial charge in [-0.25, -0.2) is 4.79 Å². The Labute approximate surface area is 138 Å². The average Bonchev–Trinajstić information content (AvgIpc) is 2.99. The molecule has 0 aliphatic heterocycles. The summed E-state index contributed by atoms with van der Waals surface area (Å²) in [5.74, 6) is -0.0382. The van der Waals surface area contributed by atoms with Gasteiger partial charge in [0.15, 0.2) is 0 Å². The fraction of sp³-hybridized carbons (Fsp3) is 0.471. The van der Waals surface area contributed by atoms with Gasteiger partial charge < -0.3 is 15.7 Å². The number of urea groups is 1. The quantitative estimate of drug-likeness (QED) is 0.720. The first-order chi connectivity index (χ1) is 11.3. The lowest BCUT2D eigenvalue weighted by Crippen LogP contribution is -2.42. The van der Waals surface area contributed by atoms with Gasteiger partial charge in [-0.2, -0.15) is 13.2 Å². The van der Waals surface area contributed by atoms with Crippen LogP contribution in [-0.2, 0) is 6.18 Å². The van der Waals surface area contributed by atoms with E-state index in [9.17, 15) is 18.0 Å². The molecule has 3 atom stereocenters. The minimum Gasteiger partial charge on any atom is -0.396 e. The number of hydrogen-bond donors (Lipinski definition) is 3. The molecule has 0 saturated heterocycles. The number of nitrogens with one attached hydrogen (secondary N) is 2. The number of halogens is 3. The molecule has 1 aromatic rings. The fourth-order valence-electron chi connectivity index (χ4n) is 2.60. The van der Waals surface area contributed by atoms with E-state index in [1.165, 1.54) is 12.1 Å². The molecule has 1 unspecified atom stereocenters. The van der Waals surface area contributed by atoms with E-state index < -0.39 is 11.7 Å². The number of benzene rings is 1. The summed E-state index contributed by atoms with van der Waals surface area (Å²) in [4.78, 5) is 11.8. The van der Waals surface area contributed by atoms with Crippen LogP contribution in [0.5, 0.6) is 0 Å². The third kappa shape index (κ3) is 4.99. The van der Waals surface area contributed by atoms with Gasteiger partial charge in [0, 0.05) is 25.1 Å². The Morgan fingerprint density at radius 2 is 1.96 bits per heavy atom. The van der Waals surface area contributed by atoms with Crippen LogP contribution >= 0.6 is 0 Å². The standard InChI is InChI=1S/C17H21F3N2O2/c1-11(13-3-5-14(6-4-13)17(18,19)20)9-21-16(24)22-15-7-2-12(8-15)10-23/h2-7,11-12,15,23H,8-10H2,1H3,(H2,21,22,24)/t11?,12-,15+/m0/s1. The molecule has 1 aromatic carbocycles. The highest BCUT2D eigenvalue weighted by Gasteiger charge is 2.30. The number of carbonyl (C=O) groups is 1. The Hall–Kier alpha value is -2.02. The number of amides is 2. The Morgan fingerprint density at radius 3 is 2.50 bits per heavy atom. The Bertz CT molecular complexity index is 584. The lowest BCUT2D eigenvalue weighted by atomic mass is 10.00. The first kappa shape index (κ1) is 18.3. The van der Waals surface area contributed by atoms with Gasteiger partial charge in [0.05, 0.1) is 5.56 Å². The summed E-state index contributed by atoms with van der Waals surface area (Å²) < 4.78 is 37.6. The van der Waals surface area contributed by atoms with Crippen molar-refractivity contribution >= 4 is 6.03 Å². The molecule has 132 valence electrons. The molecule has 4 nitrogen and oxygen atoms in total. The van der Waals surface area contributed by atoms with Crippen molar-refractivity contribution in [2.75, 3.05) is 13.2 Å². The predicted molar refractivity (Wildman–Crippen MR) is 84.5 cm³/mol. The van der Waals surface area contributed by atoms with Gasteiger partial charge in [-0.1, -0.05) is 31.2 Å². The van der Waals surface area contributed by atoms with E-state index in [4.69, 9.17) is 5.11 Å². The first-order valence-corrected chi connectivity index (χ1v) is 7.80. The van der Waals surface area contributed by atoms with Crippen LogP contribution in [-0.4, -0.2) is 30.3 Å². The molecule has 1 aliphatic rings. The largest absolute Gasteiger partial charge is 0.416 e. The smallest absolute Gasteiger partial charge is 0.396 e. The van der Waals surface area contributed by atoms with Crippen LogP contribution in [0.25, 0.3) is 0 Å².